The number of thiazole rings is 1. The highest BCUT2D eigenvalue weighted by Gasteiger charge is 2.39. The Bertz CT molecular complexity index is 712. The van der Waals surface area contributed by atoms with Gasteiger partial charge in [0.05, 0.1) is 5.01 Å². The molecule has 23 heavy (non-hydrogen) atoms. The molecule has 1 aromatic heterocycles. The van der Waals surface area contributed by atoms with Crippen molar-refractivity contribution < 1.29 is 14.7 Å². The van der Waals surface area contributed by atoms with Crippen molar-refractivity contribution in [3.63, 3.8) is 0 Å². The van der Waals surface area contributed by atoms with Gasteiger partial charge in [0.15, 0.2) is 0 Å². The van der Waals surface area contributed by atoms with Gasteiger partial charge in [-0.1, -0.05) is 37.3 Å². The van der Waals surface area contributed by atoms with Gasteiger partial charge < -0.3 is 10.4 Å². The number of aryl methyl sites for hydroxylation is 2. The van der Waals surface area contributed by atoms with Gasteiger partial charge in [0, 0.05) is 11.4 Å². The standard InChI is InChI=1S/C17H20N2O3S/c1-4-17(16(21)22,13-8-6-5-7-9-13)10-18-15(20)14-11(2)23-12(3)19-14/h5-9H,4,10H2,1-3H3,(H,18,20)(H,21,22). The summed E-state index contributed by atoms with van der Waals surface area (Å²) < 4.78 is 0. The molecule has 2 rings (SSSR count). The third kappa shape index (κ3) is 3.42. The first-order valence-corrected chi connectivity index (χ1v) is 8.23. The summed E-state index contributed by atoms with van der Waals surface area (Å²) in [6.07, 6.45) is 0.377. The van der Waals surface area contributed by atoms with Crippen molar-refractivity contribution in [2.45, 2.75) is 32.6 Å². The fraction of sp³-hybridized carbons (Fsp3) is 0.353. The average Bonchev–Trinajstić information content (AvgIpc) is 2.87. The SMILES string of the molecule is CCC(CNC(=O)c1nc(C)sc1C)(C(=O)O)c1ccccc1. The monoisotopic (exact) mass is 332 g/mol. The molecule has 0 fully saturated rings. The molecule has 1 amide bonds. The number of carboxylic acid groups (broad SMARTS) is 1. The van der Waals surface area contributed by atoms with Crippen molar-refractivity contribution >= 4 is 23.2 Å². The van der Waals surface area contributed by atoms with E-state index in [9.17, 15) is 14.7 Å². The van der Waals surface area contributed by atoms with E-state index >= 15 is 0 Å². The number of nitrogens with zero attached hydrogens (tertiary/aromatic N) is 1. The molecule has 1 atom stereocenters. The average molecular weight is 332 g/mol. The molecule has 1 unspecified atom stereocenters. The summed E-state index contributed by atoms with van der Waals surface area (Å²) >= 11 is 1.45. The maximum Gasteiger partial charge on any atom is 0.315 e. The molecular formula is C17H20N2O3S. The Morgan fingerprint density at radius 2 is 1.91 bits per heavy atom. The first-order valence-electron chi connectivity index (χ1n) is 7.42. The van der Waals surface area contributed by atoms with Gasteiger partial charge in [-0.05, 0) is 25.8 Å². The number of nitrogens with one attached hydrogen (secondary N) is 1. The van der Waals surface area contributed by atoms with Gasteiger partial charge in [-0.15, -0.1) is 11.3 Å². The van der Waals surface area contributed by atoms with Crippen molar-refractivity contribution in [2.24, 2.45) is 0 Å². The van der Waals surface area contributed by atoms with E-state index in [1.54, 1.807) is 24.3 Å². The lowest BCUT2D eigenvalue weighted by Crippen LogP contribution is -2.46. The summed E-state index contributed by atoms with van der Waals surface area (Å²) in [4.78, 5) is 29.3. The van der Waals surface area contributed by atoms with E-state index in [2.05, 4.69) is 10.3 Å². The molecule has 0 aliphatic rings. The minimum absolute atomic E-state index is 0.0255. The van der Waals surface area contributed by atoms with Crippen molar-refractivity contribution in [3.05, 3.63) is 51.5 Å². The topological polar surface area (TPSA) is 79.3 Å². The summed E-state index contributed by atoms with van der Waals surface area (Å²) in [7, 11) is 0. The molecule has 0 bridgehead atoms. The molecule has 6 heteroatoms. The molecule has 1 aromatic carbocycles. The molecular weight excluding hydrogens is 312 g/mol. The molecule has 2 aromatic rings. The second-order valence-corrected chi connectivity index (χ2v) is 6.83. The first kappa shape index (κ1) is 17.1. The Morgan fingerprint density at radius 3 is 2.39 bits per heavy atom. The summed E-state index contributed by atoms with van der Waals surface area (Å²) in [5.41, 5.74) is -0.0898. The van der Waals surface area contributed by atoms with Crippen LogP contribution < -0.4 is 5.32 Å². The number of carbonyl (C=O) groups excluding carboxylic acids is 1. The summed E-state index contributed by atoms with van der Waals surface area (Å²) in [6.45, 7) is 5.51. The van der Waals surface area contributed by atoms with E-state index in [0.717, 1.165) is 9.88 Å². The largest absolute Gasteiger partial charge is 0.481 e. The van der Waals surface area contributed by atoms with E-state index < -0.39 is 11.4 Å². The van der Waals surface area contributed by atoms with Crippen LogP contribution in [-0.2, 0) is 10.2 Å². The van der Waals surface area contributed by atoms with Crippen LogP contribution in [0.15, 0.2) is 30.3 Å². The lowest BCUT2D eigenvalue weighted by Gasteiger charge is -2.29. The fourth-order valence-electron chi connectivity index (χ4n) is 2.59. The zero-order valence-electron chi connectivity index (χ0n) is 13.4. The van der Waals surface area contributed by atoms with E-state index in [0.29, 0.717) is 17.7 Å². The van der Waals surface area contributed by atoms with Gasteiger partial charge in [-0.25, -0.2) is 4.98 Å². The maximum absolute atomic E-state index is 12.3. The Hall–Kier alpha value is -2.21. The molecule has 122 valence electrons. The second kappa shape index (κ2) is 6.91. The molecule has 0 aliphatic heterocycles. The van der Waals surface area contributed by atoms with Crippen LogP contribution in [0.5, 0.6) is 0 Å². The van der Waals surface area contributed by atoms with Crippen LogP contribution in [-0.4, -0.2) is 28.5 Å². The normalized spacial score (nSPS) is 13.3. The van der Waals surface area contributed by atoms with Crippen molar-refractivity contribution in [2.75, 3.05) is 6.54 Å². The Labute approximate surface area is 139 Å². The highest BCUT2D eigenvalue weighted by molar-refractivity contribution is 7.11. The Kier molecular flexibility index (Phi) is 5.15. The highest BCUT2D eigenvalue weighted by Crippen LogP contribution is 2.28. The van der Waals surface area contributed by atoms with Crippen LogP contribution in [0.25, 0.3) is 0 Å². The van der Waals surface area contributed by atoms with Gasteiger partial charge in [0.2, 0.25) is 0 Å². The summed E-state index contributed by atoms with van der Waals surface area (Å²) in [5, 5.41) is 13.3. The van der Waals surface area contributed by atoms with Crippen LogP contribution in [0.2, 0.25) is 0 Å². The smallest absolute Gasteiger partial charge is 0.315 e. The molecule has 5 nitrogen and oxygen atoms in total. The molecule has 0 spiro atoms. The van der Waals surface area contributed by atoms with E-state index in [-0.39, 0.29) is 12.5 Å². The number of hydrogen-bond donors (Lipinski definition) is 2. The van der Waals surface area contributed by atoms with Gasteiger partial charge in [-0.2, -0.15) is 0 Å². The van der Waals surface area contributed by atoms with Crippen molar-refractivity contribution in [1.82, 2.24) is 10.3 Å². The van der Waals surface area contributed by atoms with Crippen molar-refractivity contribution in [3.8, 4) is 0 Å². The van der Waals surface area contributed by atoms with Crippen molar-refractivity contribution in [1.29, 1.82) is 0 Å². The third-order valence-corrected chi connectivity index (χ3v) is 4.89. The zero-order valence-corrected chi connectivity index (χ0v) is 14.2. The molecule has 0 saturated carbocycles. The highest BCUT2D eigenvalue weighted by atomic mass is 32.1. The predicted molar refractivity (Wildman–Crippen MR) is 90.0 cm³/mol. The van der Waals surface area contributed by atoms with Gasteiger partial charge in [0.25, 0.3) is 5.91 Å². The quantitative estimate of drug-likeness (QED) is 0.852. The molecule has 1 heterocycles. The van der Waals surface area contributed by atoms with E-state index in [1.165, 1.54) is 11.3 Å². The lowest BCUT2D eigenvalue weighted by atomic mass is 9.78. The Morgan fingerprint density at radius 1 is 1.26 bits per heavy atom. The number of rotatable bonds is 6. The number of carboxylic acids is 1. The molecule has 0 radical (unpaired) electrons. The number of aliphatic carboxylic acids is 1. The van der Waals surface area contributed by atoms with Crippen LogP contribution in [0.4, 0.5) is 0 Å². The Balaban J connectivity index is 2.24. The lowest BCUT2D eigenvalue weighted by molar-refractivity contribution is -0.143. The third-order valence-electron chi connectivity index (χ3n) is 4.01. The van der Waals surface area contributed by atoms with Gasteiger partial charge in [0.1, 0.15) is 11.1 Å². The first-order chi connectivity index (χ1) is 10.9. The minimum atomic E-state index is -1.14. The van der Waals surface area contributed by atoms with Crippen LogP contribution in [0, 0.1) is 13.8 Å². The predicted octanol–water partition coefficient (Wildman–Crippen LogP) is 2.92. The zero-order chi connectivity index (χ0) is 17.0. The fourth-order valence-corrected chi connectivity index (χ4v) is 3.41. The van der Waals surface area contributed by atoms with Crippen LogP contribution >= 0.6 is 11.3 Å². The number of benzene rings is 1. The molecule has 0 aliphatic carbocycles. The molecule has 0 saturated heterocycles. The summed E-state index contributed by atoms with van der Waals surface area (Å²) in [5.74, 6) is -1.28. The number of aromatic nitrogens is 1. The van der Waals surface area contributed by atoms with Gasteiger partial charge in [-0.3, -0.25) is 9.59 Å². The number of carbonyl (C=O) groups is 2. The maximum atomic E-state index is 12.3. The summed E-state index contributed by atoms with van der Waals surface area (Å²) in [6, 6.07) is 9.01. The molecule has 2 N–H and O–H groups in total. The number of amides is 1. The number of hydrogen-bond acceptors (Lipinski definition) is 4. The van der Waals surface area contributed by atoms with Gasteiger partial charge >= 0.3 is 5.97 Å². The van der Waals surface area contributed by atoms with Crippen LogP contribution in [0.1, 0.15) is 39.3 Å². The minimum Gasteiger partial charge on any atom is -0.481 e. The second-order valence-electron chi connectivity index (χ2n) is 5.43. The van der Waals surface area contributed by atoms with Crippen LogP contribution in [0.3, 0.4) is 0 Å². The van der Waals surface area contributed by atoms with E-state index in [4.69, 9.17) is 0 Å². The van der Waals surface area contributed by atoms with E-state index in [1.807, 2.05) is 26.8 Å².